The molecule has 3 saturated heterocycles. The Balaban J connectivity index is 1.94. The van der Waals surface area contributed by atoms with Crippen LogP contribution in [0.5, 0.6) is 0 Å². The maximum Gasteiger partial charge on any atom is 0.246 e. The molecule has 3 aliphatic heterocycles. The summed E-state index contributed by atoms with van der Waals surface area (Å²) in [5.41, 5.74) is -1.70. The lowest BCUT2D eigenvalue weighted by molar-refractivity contribution is -0.146. The monoisotopic (exact) mass is 437 g/mol. The Labute approximate surface area is 185 Å². The Hall–Kier alpha value is -1.67. The van der Waals surface area contributed by atoms with E-state index in [1.54, 1.807) is 4.90 Å². The Morgan fingerprint density at radius 2 is 1.97 bits per heavy atom. The molecular weight excluding hydrogens is 398 g/mol. The Bertz CT molecular complexity index is 701. The summed E-state index contributed by atoms with van der Waals surface area (Å²) >= 11 is 0. The summed E-state index contributed by atoms with van der Waals surface area (Å²) < 4.78 is 6.53. The number of nitrogens with zero attached hydrogens (tertiary/aromatic N) is 1. The number of nitrogens with one attached hydrogen (secondary N) is 2. The van der Waals surface area contributed by atoms with Gasteiger partial charge >= 0.3 is 0 Å². The van der Waals surface area contributed by atoms with Crippen LogP contribution in [0.15, 0.2) is 0 Å². The predicted octanol–water partition coefficient (Wildman–Crippen LogP) is 1.35. The molecule has 3 N–H and O–H groups in total. The van der Waals surface area contributed by atoms with Gasteiger partial charge in [-0.3, -0.25) is 14.4 Å². The van der Waals surface area contributed by atoms with Crippen molar-refractivity contribution in [3.63, 3.8) is 0 Å². The molecule has 0 aromatic carbocycles. The smallest absolute Gasteiger partial charge is 0.246 e. The van der Waals surface area contributed by atoms with Crippen LogP contribution in [0.1, 0.15) is 72.6 Å². The molecule has 1 spiro atoms. The van der Waals surface area contributed by atoms with Crippen LogP contribution in [0.4, 0.5) is 0 Å². The number of ether oxygens (including phenoxy) is 1. The summed E-state index contributed by atoms with van der Waals surface area (Å²) in [4.78, 5) is 41.8. The highest BCUT2D eigenvalue weighted by Crippen LogP contribution is 2.63. The van der Waals surface area contributed by atoms with Gasteiger partial charge in [0, 0.05) is 25.7 Å². The highest BCUT2D eigenvalue weighted by molar-refractivity contribution is 5.99. The highest BCUT2D eigenvalue weighted by atomic mass is 16.5. The van der Waals surface area contributed by atoms with Gasteiger partial charge in [-0.05, 0) is 52.4 Å². The van der Waals surface area contributed by atoms with E-state index in [0.29, 0.717) is 38.8 Å². The van der Waals surface area contributed by atoms with E-state index in [0.717, 1.165) is 19.3 Å². The van der Waals surface area contributed by atoms with E-state index in [2.05, 4.69) is 17.6 Å². The first-order chi connectivity index (χ1) is 14.8. The zero-order chi connectivity index (χ0) is 22.8. The van der Waals surface area contributed by atoms with E-state index >= 15 is 0 Å². The van der Waals surface area contributed by atoms with Crippen molar-refractivity contribution in [1.82, 2.24) is 15.5 Å². The van der Waals surface area contributed by atoms with Gasteiger partial charge in [0.15, 0.2) is 0 Å². The molecule has 0 saturated carbocycles. The lowest BCUT2D eigenvalue weighted by Crippen LogP contribution is -2.56. The number of unbranched alkanes of at least 4 members (excludes halogenated alkanes) is 1. The van der Waals surface area contributed by atoms with E-state index in [1.165, 1.54) is 0 Å². The summed E-state index contributed by atoms with van der Waals surface area (Å²) in [6.07, 6.45) is 5.02. The van der Waals surface area contributed by atoms with Crippen LogP contribution in [0, 0.1) is 11.8 Å². The average molecular weight is 438 g/mol. The first kappa shape index (κ1) is 24.0. The molecule has 3 fully saturated rings. The van der Waals surface area contributed by atoms with Crippen molar-refractivity contribution in [2.75, 3.05) is 19.7 Å². The number of hydrogen-bond acceptors (Lipinski definition) is 5. The molecule has 0 radical (unpaired) electrons. The minimum atomic E-state index is -0.963. The Morgan fingerprint density at radius 3 is 2.61 bits per heavy atom. The van der Waals surface area contributed by atoms with Gasteiger partial charge in [-0.1, -0.05) is 20.3 Å². The molecule has 176 valence electrons. The second-order valence-corrected chi connectivity index (χ2v) is 9.68. The van der Waals surface area contributed by atoms with E-state index in [4.69, 9.17) is 4.74 Å². The van der Waals surface area contributed by atoms with Crippen molar-refractivity contribution < 1.29 is 24.2 Å². The van der Waals surface area contributed by atoms with Gasteiger partial charge in [0.1, 0.15) is 11.6 Å². The summed E-state index contributed by atoms with van der Waals surface area (Å²) in [5.74, 6) is -1.75. The maximum absolute atomic E-state index is 13.6. The molecule has 31 heavy (non-hydrogen) atoms. The van der Waals surface area contributed by atoms with Gasteiger partial charge in [0.05, 0.1) is 17.4 Å². The Morgan fingerprint density at radius 1 is 1.23 bits per heavy atom. The first-order valence-corrected chi connectivity index (χ1v) is 11.9. The van der Waals surface area contributed by atoms with Crippen LogP contribution in [-0.2, 0) is 19.1 Å². The molecule has 3 amide bonds. The van der Waals surface area contributed by atoms with E-state index in [-0.39, 0.29) is 30.4 Å². The number of fused-ring (bicyclic) bond motifs is 1. The molecule has 8 heteroatoms. The van der Waals surface area contributed by atoms with Gasteiger partial charge < -0.3 is 25.4 Å². The molecular formula is C23H39N3O5. The minimum Gasteiger partial charge on any atom is -0.396 e. The van der Waals surface area contributed by atoms with Crippen molar-refractivity contribution in [3.8, 4) is 0 Å². The number of carbonyl (C=O) groups excluding carboxylic acids is 3. The van der Waals surface area contributed by atoms with Crippen LogP contribution in [0.2, 0.25) is 0 Å². The molecule has 3 heterocycles. The fraction of sp³-hybridized carbons (Fsp3) is 0.870. The normalized spacial score (nSPS) is 34.7. The fourth-order valence-corrected chi connectivity index (χ4v) is 5.95. The number of rotatable bonds is 11. The molecule has 2 bridgehead atoms. The van der Waals surface area contributed by atoms with E-state index in [1.807, 2.05) is 20.8 Å². The number of amides is 3. The van der Waals surface area contributed by atoms with Crippen molar-refractivity contribution in [2.24, 2.45) is 11.8 Å². The number of likely N-dealkylation sites (tertiary alicyclic amines) is 1. The van der Waals surface area contributed by atoms with Crippen molar-refractivity contribution in [2.45, 2.75) is 95.9 Å². The molecule has 8 nitrogen and oxygen atoms in total. The lowest BCUT2D eigenvalue weighted by atomic mass is 9.66. The molecule has 0 aromatic heterocycles. The van der Waals surface area contributed by atoms with Gasteiger partial charge in [0.2, 0.25) is 17.7 Å². The van der Waals surface area contributed by atoms with Crippen molar-refractivity contribution in [1.29, 1.82) is 0 Å². The number of aliphatic hydroxyl groups excluding tert-OH is 1. The molecule has 6 atom stereocenters. The topological polar surface area (TPSA) is 108 Å². The zero-order valence-electron chi connectivity index (χ0n) is 19.4. The van der Waals surface area contributed by atoms with Crippen LogP contribution < -0.4 is 10.6 Å². The second kappa shape index (κ2) is 9.45. The average Bonchev–Trinajstić information content (AvgIpc) is 3.27. The number of carbonyl (C=O) groups is 3. The molecule has 0 aromatic rings. The quantitative estimate of drug-likeness (QED) is 0.423. The van der Waals surface area contributed by atoms with E-state index in [9.17, 15) is 19.5 Å². The third kappa shape index (κ3) is 4.09. The largest absolute Gasteiger partial charge is 0.396 e. The first-order valence-electron chi connectivity index (χ1n) is 11.9. The summed E-state index contributed by atoms with van der Waals surface area (Å²) in [5, 5.41) is 15.2. The third-order valence-electron chi connectivity index (χ3n) is 7.27. The molecule has 0 aliphatic carbocycles. The zero-order valence-corrected chi connectivity index (χ0v) is 19.4. The van der Waals surface area contributed by atoms with Crippen molar-refractivity contribution in [3.05, 3.63) is 0 Å². The molecule has 3 aliphatic rings. The standard InChI is InChI=1S/C23H39N3O5/c1-5-9-15(3)25-20(29)18-23-11-10-22(4,31-23)16(19(28)24-12-6-2)17(23)21(30)26(18)13-7-8-14-27/h15-18,27H,5-14H2,1-4H3,(H,24,28)(H,25,29)/t15?,16-,17+,18?,22+,23?/m1/s1. The second-order valence-electron chi connectivity index (χ2n) is 9.68. The SMILES string of the molecule is CCCNC(=O)[C@H]1[C@H]2C(=O)N(CCCCO)C(C(=O)NC(C)CCC)C23CC[C@]1(C)O3. The molecule has 3 unspecified atom stereocenters. The van der Waals surface area contributed by atoms with Crippen LogP contribution in [0.3, 0.4) is 0 Å². The van der Waals surface area contributed by atoms with E-state index < -0.39 is 29.1 Å². The minimum absolute atomic E-state index is 0.000170. The van der Waals surface area contributed by atoms with Gasteiger partial charge in [-0.2, -0.15) is 0 Å². The van der Waals surface area contributed by atoms with Crippen molar-refractivity contribution >= 4 is 17.7 Å². The number of aliphatic hydroxyl groups is 1. The number of hydrogen-bond donors (Lipinski definition) is 3. The van der Waals surface area contributed by atoms with Gasteiger partial charge in [-0.25, -0.2) is 0 Å². The summed E-state index contributed by atoms with van der Waals surface area (Å²) in [6.45, 7) is 8.91. The van der Waals surface area contributed by atoms with Gasteiger partial charge in [-0.15, -0.1) is 0 Å². The van der Waals surface area contributed by atoms with Crippen LogP contribution >= 0.6 is 0 Å². The summed E-state index contributed by atoms with van der Waals surface area (Å²) in [6, 6.07) is -0.742. The molecule has 3 rings (SSSR count). The Kier molecular flexibility index (Phi) is 7.31. The maximum atomic E-state index is 13.6. The lowest BCUT2D eigenvalue weighted by Gasteiger charge is -2.34. The fourth-order valence-electron chi connectivity index (χ4n) is 5.95. The third-order valence-corrected chi connectivity index (χ3v) is 7.27. The van der Waals surface area contributed by atoms with Gasteiger partial charge in [0.25, 0.3) is 0 Å². The van der Waals surface area contributed by atoms with Crippen LogP contribution in [-0.4, -0.2) is 70.7 Å². The highest BCUT2D eigenvalue weighted by Gasteiger charge is 2.77. The predicted molar refractivity (Wildman–Crippen MR) is 116 cm³/mol. The summed E-state index contributed by atoms with van der Waals surface area (Å²) in [7, 11) is 0. The van der Waals surface area contributed by atoms with Crippen LogP contribution in [0.25, 0.3) is 0 Å².